The van der Waals surface area contributed by atoms with E-state index in [9.17, 15) is 0 Å². The average Bonchev–Trinajstić information content (AvgIpc) is 2.67. The van der Waals surface area contributed by atoms with Crippen LogP contribution in [0.15, 0.2) is 48.5 Å². The minimum Gasteiger partial charge on any atom is -0.0654 e. The van der Waals surface area contributed by atoms with E-state index in [-0.39, 0.29) is 0 Å². The highest BCUT2D eigenvalue weighted by molar-refractivity contribution is 5.24. The van der Waals surface area contributed by atoms with Gasteiger partial charge in [0.05, 0.1) is 0 Å². The van der Waals surface area contributed by atoms with Gasteiger partial charge < -0.3 is 0 Å². The summed E-state index contributed by atoms with van der Waals surface area (Å²) in [4.78, 5) is 0. The van der Waals surface area contributed by atoms with Crippen LogP contribution in [0.5, 0.6) is 0 Å². The fourth-order valence-corrected chi connectivity index (χ4v) is 3.15. The Kier molecular flexibility index (Phi) is 12.6. The van der Waals surface area contributed by atoms with Crippen molar-refractivity contribution in [3.63, 3.8) is 0 Å². The van der Waals surface area contributed by atoms with Crippen LogP contribution in [-0.4, -0.2) is 0 Å². The summed E-state index contributed by atoms with van der Waals surface area (Å²) in [6.45, 7) is 8.95. The topological polar surface area (TPSA) is 0 Å². The second-order valence-corrected chi connectivity index (χ2v) is 7.34. The fourth-order valence-electron chi connectivity index (χ4n) is 3.15. The van der Waals surface area contributed by atoms with Gasteiger partial charge in [0, 0.05) is 0 Å². The number of hydrogen-bond donors (Lipinski definition) is 0. The molecule has 0 aliphatic rings. The Bertz CT molecular complexity index is 565. The molecule has 0 saturated carbocycles. The molecule has 144 valence electrons. The lowest BCUT2D eigenvalue weighted by atomic mass is 10.0. The Balaban J connectivity index is 0.000000260. The quantitative estimate of drug-likeness (QED) is 0.407. The van der Waals surface area contributed by atoms with Crippen LogP contribution in [0.4, 0.5) is 0 Å². The highest BCUT2D eigenvalue weighted by Crippen LogP contribution is 2.10. The summed E-state index contributed by atoms with van der Waals surface area (Å²) < 4.78 is 0. The van der Waals surface area contributed by atoms with Crippen molar-refractivity contribution < 1.29 is 0 Å². The monoisotopic (exact) mass is 352 g/mol. The molecule has 0 aliphatic carbocycles. The first kappa shape index (κ1) is 22.5. The zero-order valence-electron chi connectivity index (χ0n) is 17.7. The minimum absolute atomic E-state index is 1.22. The highest BCUT2D eigenvalue weighted by atomic mass is 14.0. The SMILES string of the molecule is CCCCc1ccc(CCC)cc1.CCCCc1cccc(CCC)c1. The maximum atomic E-state index is 2.36. The Morgan fingerprint density at radius 1 is 0.462 bits per heavy atom. The first-order valence-corrected chi connectivity index (χ1v) is 10.9. The van der Waals surface area contributed by atoms with E-state index < -0.39 is 0 Å². The largest absolute Gasteiger partial charge is 0.0654 e. The number of hydrogen-bond acceptors (Lipinski definition) is 0. The van der Waals surface area contributed by atoms with Gasteiger partial charge in [0.2, 0.25) is 0 Å². The van der Waals surface area contributed by atoms with E-state index in [1.54, 1.807) is 0 Å². The first-order valence-electron chi connectivity index (χ1n) is 10.9. The lowest BCUT2D eigenvalue weighted by Crippen LogP contribution is -1.88. The van der Waals surface area contributed by atoms with Gasteiger partial charge in [-0.15, -0.1) is 0 Å². The van der Waals surface area contributed by atoms with E-state index in [4.69, 9.17) is 0 Å². The summed E-state index contributed by atoms with van der Waals surface area (Å²) >= 11 is 0. The molecule has 0 heteroatoms. The van der Waals surface area contributed by atoms with Crippen molar-refractivity contribution in [2.45, 2.75) is 91.9 Å². The normalized spacial score (nSPS) is 10.3. The average molecular weight is 353 g/mol. The van der Waals surface area contributed by atoms with Crippen LogP contribution >= 0.6 is 0 Å². The molecule has 2 aromatic rings. The standard InChI is InChI=1S/2C13H20/c1-3-5-8-13-10-6-9-12(11-13)7-4-2;1-3-5-7-13-10-8-12(6-4-2)9-11-13/h6,9-11H,3-5,7-8H2,1-2H3;8-11H,3-7H2,1-2H3. The zero-order valence-corrected chi connectivity index (χ0v) is 17.7. The predicted octanol–water partition coefficient (Wildman–Crippen LogP) is 7.96. The van der Waals surface area contributed by atoms with Gasteiger partial charge in [-0.2, -0.15) is 0 Å². The summed E-state index contributed by atoms with van der Waals surface area (Å²) in [6.07, 6.45) is 12.6. The van der Waals surface area contributed by atoms with Crippen molar-refractivity contribution in [1.29, 1.82) is 0 Å². The van der Waals surface area contributed by atoms with E-state index in [0.29, 0.717) is 0 Å². The van der Waals surface area contributed by atoms with Crippen LogP contribution < -0.4 is 0 Å². The number of benzene rings is 2. The van der Waals surface area contributed by atoms with Gasteiger partial charge in [0.15, 0.2) is 0 Å². The van der Waals surface area contributed by atoms with Gasteiger partial charge in [0.1, 0.15) is 0 Å². The molecule has 2 rings (SSSR count). The van der Waals surface area contributed by atoms with E-state index >= 15 is 0 Å². The third-order valence-corrected chi connectivity index (χ3v) is 4.73. The smallest absolute Gasteiger partial charge is 0.0279 e. The van der Waals surface area contributed by atoms with Crippen LogP contribution in [-0.2, 0) is 25.7 Å². The molecule has 0 unspecified atom stereocenters. The van der Waals surface area contributed by atoms with Crippen LogP contribution in [0, 0.1) is 0 Å². The molecule has 0 heterocycles. The van der Waals surface area contributed by atoms with Gasteiger partial charge in [-0.05, 0) is 60.8 Å². The number of unbranched alkanes of at least 4 members (excludes halogenated alkanes) is 2. The Morgan fingerprint density at radius 3 is 1.38 bits per heavy atom. The van der Waals surface area contributed by atoms with E-state index in [1.807, 2.05) is 0 Å². The molecule has 0 atom stereocenters. The summed E-state index contributed by atoms with van der Waals surface area (Å²) in [5, 5.41) is 0. The van der Waals surface area contributed by atoms with Crippen LogP contribution in [0.2, 0.25) is 0 Å². The lowest BCUT2D eigenvalue weighted by Gasteiger charge is -2.03. The van der Waals surface area contributed by atoms with E-state index in [0.717, 1.165) is 0 Å². The molecular weight excluding hydrogens is 312 g/mol. The maximum Gasteiger partial charge on any atom is -0.0279 e. The van der Waals surface area contributed by atoms with Crippen molar-refractivity contribution in [3.8, 4) is 0 Å². The molecule has 2 aromatic carbocycles. The van der Waals surface area contributed by atoms with E-state index in [1.165, 1.54) is 86.5 Å². The van der Waals surface area contributed by atoms with Crippen molar-refractivity contribution in [3.05, 3.63) is 70.8 Å². The Labute approximate surface area is 163 Å². The summed E-state index contributed by atoms with van der Waals surface area (Å²) in [5.74, 6) is 0. The minimum atomic E-state index is 1.22. The predicted molar refractivity (Wildman–Crippen MR) is 118 cm³/mol. The molecule has 0 aliphatic heterocycles. The van der Waals surface area contributed by atoms with Crippen LogP contribution in [0.25, 0.3) is 0 Å². The molecule has 0 spiro atoms. The summed E-state index contributed by atoms with van der Waals surface area (Å²) in [5.41, 5.74) is 5.97. The molecule has 0 saturated heterocycles. The molecule has 0 amide bonds. The molecule has 0 N–H and O–H groups in total. The van der Waals surface area contributed by atoms with Gasteiger partial charge in [-0.3, -0.25) is 0 Å². The molecule has 26 heavy (non-hydrogen) atoms. The van der Waals surface area contributed by atoms with Crippen LogP contribution in [0.3, 0.4) is 0 Å². The molecule has 0 bridgehead atoms. The second kappa shape index (κ2) is 14.6. The third kappa shape index (κ3) is 9.80. The Hall–Kier alpha value is -1.56. The number of rotatable bonds is 10. The zero-order chi connectivity index (χ0) is 19.0. The maximum absolute atomic E-state index is 2.36. The highest BCUT2D eigenvalue weighted by Gasteiger charge is 1.95. The van der Waals surface area contributed by atoms with Crippen molar-refractivity contribution in [2.75, 3.05) is 0 Å². The molecule has 0 radical (unpaired) electrons. The first-order chi connectivity index (χ1) is 12.7. The van der Waals surface area contributed by atoms with Crippen molar-refractivity contribution in [2.24, 2.45) is 0 Å². The summed E-state index contributed by atoms with van der Waals surface area (Å²) in [6, 6.07) is 18.1. The Morgan fingerprint density at radius 2 is 0.885 bits per heavy atom. The van der Waals surface area contributed by atoms with Gasteiger partial charge in [0.25, 0.3) is 0 Å². The number of aryl methyl sites for hydroxylation is 4. The molecular formula is C26H40. The van der Waals surface area contributed by atoms with E-state index in [2.05, 4.69) is 76.2 Å². The second-order valence-electron chi connectivity index (χ2n) is 7.34. The van der Waals surface area contributed by atoms with Crippen molar-refractivity contribution in [1.82, 2.24) is 0 Å². The molecule has 0 fully saturated rings. The van der Waals surface area contributed by atoms with Gasteiger partial charge >= 0.3 is 0 Å². The lowest BCUT2D eigenvalue weighted by molar-refractivity contribution is 0.792. The molecule has 0 aromatic heterocycles. The van der Waals surface area contributed by atoms with Gasteiger partial charge in [-0.25, -0.2) is 0 Å². The van der Waals surface area contributed by atoms with Crippen molar-refractivity contribution >= 4 is 0 Å². The molecule has 0 nitrogen and oxygen atoms in total. The third-order valence-electron chi connectivity index (χ3n) is 4.73. The van der Waals surface area contributed by atoms with Gasteiger partial charge in [-0.1, -0.05) is 102 Å². The van der Waals surface area contributed by atoms with Crippen LogP contribution in [0.1, 0.15) is 88.5 Å². The summed E-state index contributed by atoms with van der Waals surface area (Å²) in [7, 11) is 0. The fraction of sp³-hybridized carbons (Fsp3) is 0.538.